The Balaban J connectivity index is 1.67. The molecule has 4 nitrogen and oxygen atoms in total. The van der Waals surface area contributed by atoms with Crippen molar-refractivity contribution in [1.82, 2.24) is 5.43 Å². The van der Waals surface area contributed by atoms with Crippen LogP contribution < -0.4 is 14.9 Å². The number of nitrogens with one attached hydrogen (secondary N) is 1. The number of halogens is 4. The summed E-state index contributed by atoms with van der Waals surface area (Å²) in [6, 6.07) is 17.3. The third-order valence-electron chi connectivity index (χ3n) is 4.17. The predicted octanol–water partition coefficient (Wildman–Crippen LogP) is 7.07. The van der Waals surface area contributed by atoms with Crippen LogP contribution in [0.3, 0.4) is 0 Å². The van der Waals surface area contributed by atoms with Crippen molar-refractivity contribution < 1.29 is 9.47 Å². The molecule has 0 amide bonds. The molecule has 8 heteroatoms. The monoisotopic (exact) mass is 618 g/mol. The van der Waals surface area contributed by atoms with Gasteiger partial charge >= 0.3 is 0 Å². The van der Waals surface area contributed by atoms with Crippen LogP contribution in [0.1, 0.15) is 16.7 Å². The molecular weight excluding hydrogens is 602 g/mol. The maximum Gasteiger partial charge on any atom is 0.174 e. The molecule has 0 aliphatic rings. The molecule has 0 heterocycles. The molecule has 0 aliphatic carbocycles. The summed E-state index contributed by atoms with van der Waals surface area (Å²) >= 11 is 18.0. The molecule has 0 aliphatic heterocycles. The second kappa shape index (κ2) is 11.2. The summed E-state index contributed by atoms with van der Waals surface area (Å²) in [5, 5.41) is 5.48. The van der Waals surface area contributed by atoms with Crippen molar-refractivity contribution in [3.8, 4) is 11.5 Å². The molecule has 0 unspecified atom stereocenters. The Kier molecular flexibility index (Phi) is 8.68. The highest BCUT2D eigenvalue weighted by Crippen LogP contribution is 2.34. The van der Waals surface area contributed by atoms with E-state index in [-0.39, 0.29) is 0 Å². The molecule has 0 aromatic heterocycles. The molecule has 3 aromatic rings. The first-order valence-corrected chi connectivity index (χ1v) is 11.5. The van der Waals surface area contributed by atoms with Crippen molar-refractivity contribution in [3.63, 3.8) is 0 Å². The number of nitrogens with zero attached hydrogens (tertiary/aromatic N) is 1. The number of methoxy groups -OCH3 is 1. The van der Waals surface area contributed by atoms with Gasteiger partial charge in [-0.1, -0.05) is 57.3 Å². The molecule has 30 heavy (non-hydrogen) atoms. The normalized spacial score (nSPS) is 11.0. The number of hydrogen-bond acceptors (Lipinski definition) is 4. The Morgan fingerprint density at radius 1 is 1.10 bits per heavy atom. The molecule has 1 N–H and O–H groups in total. The third-order valence-corrected chi connectivity index (χ3v) is 6.21. The lowest BCUT2D eigenvalue weighted by molar-refractivity contribution is 0.282. The molecule has 0 bridgehead atoms. The smallest absolute Gasteiger partial charge is 0.174 e. The van der Waals surface area contributed by atoms with Gasteiger partial charge in [0.15, 0.2) is 11.5 Å². The highest BCUT2D eigenvalue weighted by atomic mass is 127. The minimum Gasteiger partial charge on any atom is -0.493 e. The quantitative estimate of drug-likeness (QED) is 0.167. The number of hydrogen-bond donors (Lipinski definition) is 1. The van der Waals surface area contributed by atoms with Crippen molar-refractivity contribution in [2.45, 2.75) is 13.2 Å². The zero-order valence-electron chi connectivity index (χ0n) is 16.0. The van der Waals surface area contributed by atoms with E-state index in [1.54, 1.807) is 25.5 Å². The van der Waals surface area contributed by atoms with Gasteiger partial charge in [0.2, 0.25) is 0 Å². The van der Waals surface area contributed by atoms with E-state index in [0.717, 1.165) is 24.7 Å². The van der Waals surface area contributed by atoms with Crippen LogP contribution >= 0.6 is 61.7 Å². The van der Waals surface area contributed by atoms with Gasteiger partial charge in [0.25, 0.3) is 0 Å². The SMILES string of the molecule is COc1cc(/C=N\NCc2c(Cl)cccc2Cl)cc(I)c1OCc1ccc(Br)cc1. The summed E-state index contributed by atoms with van der Waals surface area (Å²) in [5.74, 6) is 1.35. The van der Waals surface area contributed by atoms with Crippen molar-refractivity contribution in [2.24, 2.45) is 5.10 Å². The first-order chi connectivity index (χ1) is 14.5. The van der Waals surface area contributed by atoms with E-state index in [2.05, 4.69) is 49.0 Å². The van der Waals surface area contributed by atoms with E-state index < -0.39 is 0 Å². The van der Waals surface area contributed by atoms with Crippen LogP contribution in [0.15, 0.2) is 64.2 Å². The van der Waals surface area contributed by atoms with Gasteiger partial charge in [0.05, 0.1) is 23.4 Å². The number of ether oxygens (including phenoxy) is 2. The number of benzene rings is 3. The Morgan fingerprint density at radius 2 is 1.80 bits per heavy atom. The van der Waals surface area contributed by atoms with Crippen LogP contribution in [0.25, 0.3) is 0 Å². The molecule has 0 spiro atoms. The van der Waals surface area contributed by atoms with Crippen LogP contribution in [-0.2, 0) is 13.2 Å². The summed E-state index contributed by atoms with van der Waals surface area (Å²) < 4.78 is 13.5. The summed E-state index contributed by atoms with van der Waals surface area (Å²) in [6.07, 6.45) is 1.72. The Morgan fingerprint density at radius 3 is 2.47 bits per heavy atom. The predicted molar refractivity (Wildman–Crippen MR) is 135 cm³/mol. The summed E-state index contributed by atoms with van der Waals surface area (Å²) in [4.78, 5) is 0. The van der Waals surface area contributed by atoms with Crippen molar-refractivity contribution in [1.29, 1.82) is 0 Å². The fourth-order valence-corrected chi connectivity index (χ4v) is 4.21. The van der Waals surface area contributed by atoms with Crippen LogP contribution in [0.5, 0.6) is 11.5 Å². The second-order valence-corrected chi connectivity index (χ2v) is 9.13. The van der Waals surface area contributed by atoms with Crippen LogP contribution in [0.2, 0.25) is 10.0 Å². The fourth-order valence-electron chi connectivity index (χ4n) is 2.64. The average Bonchev–Trinajstić information content (AvgIpc) is 2.73. The van der Waals surface area contributed by atoms with Gasteiger partial charge in [-0.05, 0) is 70.1 Å². The van der Waals surface area contributed by atoms with E-state index in [1.807, 2.05) is 42.5 Å². The second-order valence-electron chi connectivity index (χ2n) is 6.24. The first kappa shape index (κ1) is 23.2. The van der Waals surface area contributed by atoms with Crippen molar-refractivity contribution in [3.05, 3.63) is 89.4 Å². The van der Waals surface area contributed by atoms with Crippen LogP contribution in [0.4, 0.5) is 0 Å². The van der Waals surface area contributed by atoms with E-state index in [0.29, 0.717) is 34.7 Å². The van der Waals surface area contributed by atoms with Gasteiger partial charge in [0.1, 0.15) is 6.61 Å². The summed E-state index contributed by atoms with van der Waals surface area (Å²) in [7, 11) is 1.62. The summed E-state index contributed by atoms with van der Waals surface area (Å²) in [6.45, 7) is 0.880. The number of hydrazone groups is 1. The molecule has 3 rings (SSSR count). The molecule has 156 valence electrons. The number of rotatable bonds is 8. The Labute approximate surface area is 207 Å². The van der Waals surface area contributed by atoms with Gasteiger partial charge in [0, 0.05) is 20.1 Å². The molecule has 3 aromatic carbocycles. The van der Waals surface area contributed by atoms with Crippen LogP contribution in [0, 0.1) is 3.57 Å². The Hall–Kier alpha value is -1.48. The molecular formula is C22H18BrCl2IN2O2. The van der Waals surface area contributed by atoms with Crippen molar-refractivity contribution in [2.75, 3.05) is 7.11 Å². The van der Waals surface area contributed by atoms with Gasteiger partial charge in [-0.25, -0.2) is 0 Å². The van der Waals surface area contributed by atoms with Gasteiger partial charge in [-0.15, -0.1) is 0 Å². The maximum atomic E-state index is 6.17. The van der Waals surface area contributed by atoms with E-state index >= 15 is 0 Å². The van der Waals surface area contributed by atoms with E-state index in [4.69, 9.17) is 32.7 Å². The fraction of sp³-hybridized carbons (Fsp3) is 0.136. The highest BCUT2D eigenvalue weighted by molar-refractivity contribution is 14.1. The van der Waals surface area contributed by atoms with Crippen LogP contribution in [-0.4, -0.2) is 13.3 Å². The molecule has 0 saturated carbocycles. The van der Waals surface area contributed by atoms with E-state index in [1.165, 1.54) is 0 Å². The maximum absolute atomic E-state index is 6.17. The first-order valence-electron chi connectivity index (χ1n) is 8.91. The van der Waals surface area contributed by atoms with Gasteiger partial charge in [-0.3, -0.25) is 0 Å². The largest absolute Gasteiger partial charge is 0.493 e. The minimum atomic E-state index is 0.428. The Bertz CT molecular complexity index is 1030. The van der Waals surface area contributed by atoms with Crippen molar-refractivity contribution >= 4 is 67.9 Å². The molecule has 0 saturated heterocycles. The van der Waals surface area contributed by atoms with Gasteiger partial charge in [-0.2, -0.15) is 5.10 Å². The van der Waals surface area contributed by atoms with Gasteiger partial charge < -0.3 is 14.9 Å². The standard InChI is InChI=1S/C22H18BrCl2IN2O2/c1-29-21-10-15(11-27-28-12-17-18(24)3-2-4-19(17)25)9-20(26)22(21)30-13-14-5-7-16(23)8-6-14/h2-11,28H,12-13H2,1H3/b27-11-. The lowest BCUT2D eigenvalue weighted by Crippen LogP contribution is -2.07. The molecule has 0 radical (unpaired) electrons. The lowest BCUT2D eigenvalue weighted by Gasteiger charge is -2.13. The minimum absolute atomic E-state index is 0.428. The lowest BCUT2D eigenvalue weighted by atomic mass is 10.2. The average molecular weight is 620 g/mol. The zero-order valence-corrected chi connectivity index (χ0v) is 21.2. The highest BCUT2D eigenvalue weighted by Gasteiger charge is 2.12. The molecule has 0 fully saturated rings. The molecule has 0 atom stereocenters. The third kappa shape index (κ3) is 6.26. The summed E-state index contributed by atoms with van der Waals surface area (Å²) in [5.41, 5.74) is 5.74. The van der Waals surface area contributed by atoms with E-state index in [9.17, 15) is 0 Å². The topological polar surface area (TPSA) is 42.8 Å². The zero-order chi connectivity index (χ0) is 21.5.